The minimum absolute atomic E-state index is 0.0985. The molecule has 0 bridgehead atoms. The molecule has 35 heavy (non-hydrogen) atoms. The van der Waals surface area contributed by atoms with Gasteiger partial charge in [0.15, 0.2) is 0 Å². The van der Waals surface area contributed by atoms with Crippen LogP contribution in [-0.4, -0.2) is 55.9 Å². The highest BCUT2D eigenvalue weighted by Crippen LogP contribution is 2.32. The highest BCUT2D eigenvalue weighted by atomic mass is 32.1. The average Bonchev–Trinajstić information content (AvgIpc) is 3.36. The van der Waals surface area contributed by atoms with Crippen molar-refractivity contribution in [2.24, 2.45) is 5.41 Å². The van der Waals surface area contributed by atoms with Crippen LogP contribution < -0.4 is 10.6 Å². The number of likely N-dealkylation sites (tertiary alicyclic amines) is 1. The Kier molecular flexibility index (Phi) is 5.86. The Bertz CT molecular complexity index is 1430. The lowest BCUT2D eigenvalue weighted by atomic mass is 9.84. The Morgan fingerprint density at radius 3 is 2.66 bits per heavy atom. The molecule has 1 saturated heterocycles. The van der Waals surface area contributed by atoms with E-state index in [1.165, 1.54) is 11.3 Å². The lowest BCUT2D eigenvalue weighted by Gasteiger charge is -2.45. The summed E-state index contributed by atoms with van der Waals surface area (Å²) in [6.45, 7) is 10.3. The zero-order valence-electron chi connectivity index (χ0n) is 20.1. The summed E-state index contributed by atoms with van der Waals surface area (Å²) >= 11 is 1.49. The van der Waals surface area contributed by atoms with Crippen LogP contribution in [0.5, 0.6) is 0 Å². The van der Waals surface area contributed by atoms with E-state index in [1.54, 1.807) is 29.2 Å². The van der Waals surface area contributed by atoms with E-state index in [0.717, 1.165) is 34.1 Å². The zero-order valence-corrected chi connectivity index (χ0v) is 20.9. The number of aryl methyl sites for hydroxylation is 2. The molecule has 0 atom stereocenters. The molecule has 0 unspecified atom stereocenters. The van der Waals surface area contributed by atoms with Gasteiger partial charge in [0.1, 0.15) is 4.83 Å². The van der Waals surface area contributed by atoms with Gasteiger partial charge in [-0.3, -0.25) is 24.5 Å². The number of hydrogen-bond acceptors (Lipinski definition) is 7. The van der Waals surface area contributed by atoms with E-state index in [2.05, 4.69) is 44.4 Å². The summed E-state index contributed by atoms with van der Waals surface area (Å²) in [5.74, 6) is -0.383. The van der Waals surface area contributed by atoms with E-state index in [0.29, 0.717) is 29.2 Å². The molecule has 1 fully saturated rings. The molecule has 2 amide bonds. The summed E-state index contributed by atoms with van der Waals surface area (Å²) in [5.41, 5.74) is 4.40. The lowest BCUT2D eigenvalue weighted by molar-refractivity contribution is -0.120. The number of carbonyl (C=O) groups is 2. The van der Waals surface area contributed by atoms with Gasteiger partial charge in [0.05, 0.1) is 46.4 Å². The normalized spacial score (nSPS) is 15.1. The lowest BCUT2D eigenvalue weighted by Crippen LogP contribution is -2.54. The quantitative estimate of drug-likeness (QED) is 0.424. The van der Waals surface area contributed by atoms with Crippen LogP contribution >= 0.6 is 11.3 Å². The minimum Gasteiger partial charge on any atom is -0.324 e. The van der Waals surface area contributed by atoms with Crippen molar-refractivity contribution in [1.82, 2.24) is 24.5 Å². The predicted molar refractivity (Wildman–Crippen MR) is 137 cm³/mol. The Morgan fingerprint density at radius 2 is 1.91 bits per heavy atom. The molecular formula is C25H27N7O2S. The van der Waals surface area contributed by atoms with Crippen LogP contribution in [0.2, 0.25) is 0 Å². The number of pyridine rings is 2. The number of thiazole rings is 1. The fourth-order valence-electron chi connectivity index (χ4n) is 4.41. The smallest absolute Gasteiger partial charge is 0.260 e. The number of rotatable bonds is 6. The third-order valence-corrected chi connectivity index (χ3v) is 7.15. The Hall–Kier alpha value is -3.63. The zero-order chi connectivity index (χ0) is 24.7. The molecule has 1 aliphatic rings. The van der Waals surface area contributed by atoms with Gasteiger partial charge in [-0.25, -0.2) is 4.52 Å². The van der Waals surface area contributed by atoms with Crippen molar-refractivity contribution >= 4 is 39.4 Å². The number of carbonyl (C=O) groups excluding carboxylic acids is 2. The number of aromatic nitrogens is 4. The van der Waals surface area contributed by atoms with Gasteiger partial charge in [-0.15, -0.1) is 11.3 Å². The van der Waals surface area contributed by atoms with Crippen LogP contribution in [0.15, 0.2) is 43.0 Å². The Balaban J connectivity index is 1.31. The number of hydrogen-bond donors (Lipinski definition) is 2. The first-order valence-corrected chi connectivity index (χ1v) is 12.2. The van der Waals surface area contributed by atoms with Gasteiger partial charge in [0, 0.05) is 36.7 Å². The molecule has 0 saturated carbocycles. The largest absolute Gasteiger partial charge is 0.324 e. The molecule has 0 aliphatic carbocycles. The standard InChI is InChI=1S/C25H27N7O2S/c1-15-18(6-5-7-26-15)21-11-32-24(35-21)19(10-28-32)23(34)30-20-8-17(9-27-16(20)2)29-22(33)12-31-13-25(3,4)14-31/h5-11H,12-14H2,1-4H3,(H,29,33)(H,30,34). The maximum Gasteiger partial charge on any atom is 0.260 e. The predicted octanol–water partition coefficient (Wildman–Crippen LogP) is 4.00. The number of anilines is 2. The van der Waals surface area contributed by atoms with Crippen molar-refractivity contribution in [3.8, 4) is 10.4 Å². The molecule has 5 rings (SSSR count). The van der Waals surface area contributed by atoms with Crippen LogP contribution in [0.1, 0.15) is 35.6 Å². The second-order valence-corrected chi connectivity index (χ2v) is 10.7. The first-order valence-electron chi connectivity index (χ1n) is 11.4. The summed E-state index contributed by atoms with van der Waals surface area (Å²) in [7, 11) is 0. The van der Waals surface area contributed by atoms with Gasteiger partial charge in [-0.05, 0) is 31.4 Å². The van der Waals surface area contributed by atoms with E-state index in [-0.39, 0.29) is 17.2 Å². The van der Waals surface area contributed by atoms with Crippen molar-refractivity contribution in [3.05, 3.63) is 59.9 Å². The fourth-order valence-corrected chi connectivity index (χ4v) is 5.54. The minimum atomic E-state index is -0.285. The average molecular weight is 490 g/mol. The van der Waals surface area contributed by atoms with Gasteiger partial charge in [-0.2, -0.15) is 5.10 Å². The van der Waals surface area contributed by atoms with E-state index in [9.17, 15) is 9.59 Å². The van der Waals surface area contributed by atoms with Gasteiger partial charge in [-0.1, -0.05) is 19.9 Å². The molecule has 0 radical (unpaired) electrons. The fraction of sp³-hybridized carbons (Fsp3) is 0.320. The molecular weight excluding hydrogens is 462 g/mol. The first-order chi connectivity index (χ1) is 16.7. The highest BCUT2D eigenvalue weighted by molar-refractivity contribution is 7.21. The van der Waals surface area contributed by atoms with Gasteiger partial charge >= 0.3 is 0 Å². The summed E-state index contributed by atoms with van der Waals surface area (Å²) in [4.78, 5) is 38.1. The second-order valence-electron chi connectivity index (χ2n) is 9.71. The monoisotopic (exact) mass is 489 g/mol. The second kappa shape index (κ2) is 8.86. The van der Waals surface area contributed by atoms with Crippen molar-refractivity contribution < 1.29 is 9.59 Å². The number of amides is 2. The molecule has 1 aliphatic heterocycles. The van der Waals surface area contributed by atoms with E-state index >= 15 is 0 Å². The topological polar surface area (TPSA) is 105 Å². The van der Waals surface area contributed by atoms with E-state index < -0.39 is 0 Å². The van der Waals surface area contributed by atoms with E-state index in [1.807, 2.05) is 32.2 Å². The van der Waals surface area contributed by atoms with Crippen molar-refractivity contribution in [1.29, 1.82) is 0 Å². The number of nitrogens with one attached hydrogen (secondary N) is 2. The van der Waals surface area contributed by atoms with Crippen molar-refractivity contribution in [2.75, 3.05) is 30.3 Å². The Labute approximate surface area is 207 Å². The SMILES string of the molecule is Cc1ncc(NC(=O)CN2CC(C)(C)C2)cc1NC(=O)c1cnn2cc(-c3cccnc3C)sc12. The third kappa shape index (κ3) is 4.80. The molecule has 4 aromatic rings. The van der Waals surface area contributed by atoms with Crippen LogP contribution in [0.25, 0.3) is 15.3 Å². The van der Waals surface area contributed by atoms with Crippen LogP contribution in [0, 0.1) is 19.3 Å². The maximum atomic E-state index is 13.1. The first kappa shape index (κ1) is 23.1. The highest BCUT2D eigenvalue weighted by Gasteiger charge is 2.34. The summed E-state index contributed by atoms with van der Waals surface area (Å²) in [5, 5.41) is 10.2. The molecule has 180 valence electrons. The maximum absolute atomic E-state index is 13.1. The molecule has 0 spiro atoms. The molecule has 10 heteroatoms. The number of nitrogens with zero attached hydrogens (tertiary/aromatic N) is 5. The summed E-state index contributed by atoms with van der Waals surface area (Å²) in [6.07, 6.45) is 6.82. The van der Waals surface area contributed by atoms with Crippen molar-refractivity contribution in [3.63, 3.8) is 0 Å². The summed E-state index contributed by atoms with van der Waals surface area (Å²) < 4.78 is 1.71. The Morgan fingerprint density at radius 1 is 1.11 bits per heavy atom. The third-order valence-electron chi connectivity index (χ3n) is 6.00. The van der Waals surface area contributed by atoms with Crippen molar-refractivity contribution in [2.45, 2.75) is 27.7 Å². The molecule has 2 N–H and O–H groups in total. The van der Waals surface area contributed by atoms with Crippen LogP contribution in [0.4, 0.5) is 11.4 Å². The van der Waals surface area contributed by atoms with Gasteiger partial charge in [0.2, 0.25) is 5.91 Å². The van der Waals surface area contributed by atoms with Crippen LogP contribution in [0.3, 0.4) is 0 Å². The molecule has 4 aromatic heterocycles. The van der Waals surface area contributed by atoms with Crippen LogP contribution in [-0.2, 0) is 4.79 Å². The molecule has 0 aromatic carbocycles. The summed E-state index contributed by atoms with van der Waals surface area (Å²) in [6, 6.07) is 5.63. The number of fused-ring (bicyclic) bond motifs is 1. The molecule has 9 nitrogen and oxygen atoms in total. The molecule has 5 heterocycles. The van der Waals surface area contributed by atoms with Gasteiger partial charge in [0.25, 0.3) is 5.91 Å². The van der Waals surface area contributed by atoms with Gasteiger partial charge < -0.3 is 10.6 Å². The van der Waals surface area contributed by atoms with E-state index in [4.69, 9.17) is 0 Å².